The van der Waals surface area contributed by atoms with Gasteiger partial charge in [0.2, 0.25) is 0 Å². The van der Waals surface area contributed by atoms with Crippen molar-refractivity contribution in [3.63, 3.8) is 0 Å². The summed E-state index contributed by atoms with van der Waals surface area (Å²) in [5, 5.41) is 0. The third-order valence-corrected chi connectivity index (χ3v) is 11.4. The summed E-state index contributed by atoms with van der Waals surface area (Å²) in [7, 11) is 0. The fourth-order valence-electron chi connectivity index (χ4n) is 8.70. The van der Waals surface area contributed by atoms with Crippen LogP contribution in [0.5, 0.6) is 5.75 Å². The minimum absolute atomic E-state index is 0.0625. The molecule has 0 amide bonds. The topological polar surface area (TPSA) is 88.1 Å². The molecule has 1 aromatic carbocycles. The van der Waals surface area contributed by atoms with Crippen LogP contribution in [0.2, 0.25) is 0 Å². The normalized spacial score (nSPS) is 19.9. The molecule has 0 aliphatic heterocycles. The van der Waals surface area contributed by atoms with Gasteiger partial charge in [-0.25, -0.2) is 4.79 Å². The fourth-order valence-corrected chi connectivity index (χ4v) is 8.70. The summed E-state index contributed by atoms with van der Waals surface area (Å²) in [4.78, 5) is 36.2. The van der Waals surface area contributed by atoms with Crippen LogP contribution in [0.15, 0.2) is 18.2 Å². The molecule has 0 radical (unpaired) electrons. The van der Waals surface area contributed by atoms with E-state index in [1.807, 2.05) is 12.1 Å². The van der Waals surface area contributed by atoms with Gasteiger partial charge in [-0.3, -0.25) is 9.59 Å². The Morgan fingerprint density at radius 2 is 1.35 bits per heavy atom. The van der Waals surface area contributed by atoms with Crippen LogP contribution in [0.1, 0.15) is 174 Å². The van der Waals surface area contributed by atoms with E-state index in [1.165, 1.54) is 102 Å². The van der Waals surface area contributed by atoms with Crippen molar-refractivity contribution < 1.29 is 33.3 Å². The molecule has 0 heterocycles. The molecule has 51 heavy (non-hydrogen) atoms. The number of esters is 3. The Hall–Kier alpha value is -2.57. The maximum Gasteiger partial charge on any atom is 0.344 e. The van der Waals surface area contributed by atoms with Crippen LogP contribution in [0, 0.1) is 23.7 Å². The van der Waals surface area contributed by atoms with Gasteiger partial charge in [-0.2, -0.15) is 0 Å². The molecule has 0 aromatic heterocycles. The number of carbonyl (C=O) groups excluding carboxylic acids is 3. The van der Waals surface area contributed by atoms with E-state index in [4.69, 9.17) is 18.9 Å². The van der Waals surface area contributed by atoms with E-state index in [2.05, 4.69) is 19.9 Å². The second-order valence-corrected chi connectivity index (χ2v) is 15.6. The summed E-state index contributed by atoms with van der Waals surface area (Å²) in [6, 6.07) is 6.19. The Balaban J connectivity index is 1.40. The minimum atomic E-state index is -0.306. The van der Waals surface area contributed by atoms with E-state index in [0.29, 0.717) is 31.0 Å². The van der Waals surface area contributed by atoms with Crippen molar-refractivity contribution in [1.82, 2.24) is 0 Å². The van der Waals surface area contributed by atoms with Gasteiger partial charge in [0, 0.05) is 13.8 Å². The Labute approximate surface area is 310 Å². The molecule has 3 rings (SSSR count). The predicted octanol–water partition coefficient (Wildman–Crippen LogP) is 10.9. The Morgan fingerprint density at radius 3 is 1.98 bits per heavy atom. The van der Waals surface area contributed by atoms with E-state index in [1.54, 1.807) is 0 Å². The highest BCUT2D eigenvalue weighted by atomic mass is 16.6. The number of carbonyl (C=O) groups is 3. The summed E-state index contributed by atoms with van der Waals surface area (Å²) in [6.07, 6.45) is 27.0. The lowest BCUT2D eigenvalue weighted by Crippen LogP contribution is -2.28. The highest BCUT2D eigenvalue weighted by molar-refractivity contribution is 5.71. The number of benzene rings is 1. The Kier molecular flexibility index (Phi) is 21.3. The largest absolute Gasteiger partial charge is 0.482 e. The third-order valence-electron chi connectivity index (χ3n) is 11.4. The van der Waals surface area contributed by atoms with Gasteiger partial charge in [-0.15, -0.1) is 0 Å². The molecule has 290 valence electrons. The first-order valence-electron chi connectivity index (χ1n) is 21.0. The quantitative estimate of drug-likeness (QED) is 0.0485. The van der Waals surface area contributed by atoms with E-state index < -0.39 is 0 Å². The molecule has 7 nitrogen and oxygen atoms in total. The lowest BCUT2D eigenvalue weighted by Gasteiger charge is -2.33. The molecule has 1 saturated carbocycles. The lowest BCUT2D eigenvalue weighted by atomic mass is 9.73. The Bertz CT molecular complexity index is 1130. The van der Waals surface area contributed by atoms with E-state index in [9.17, 15) is 14.4 Å². The summed E-state index contributed by atoms with van der Waals surface area (Å²) < 4.78 is 22.9. The van der Waals surface area contributed by atoms with Gasteiger partial charge in [0.15, 0.2) is 6.61 Å². The highest BCUT2D eigenvalue weighted by Crippen LogP contribution is 2.51. The van der Waals surface area contributed by atoms with E-state index in [-0.39, 0.29) is 36.5 Å². The molecule has 1 fully saturated rings. The zero-order valence-electron chi connectivity index (χ0n) is 32.9. The average molecular weight is 713 g/mol. The SMILES string of the molecule is CCCCCCCCCCCCCCCCOC(=O)COc1cccc2c1C[C@H]1C[C@@H](COC(C)=O)[C@H](CC[C@H](CCCCC)OC(C)=O)[C@H]1C2. The molecule has 1 aromatic rings. The van der Waals surface area contributed by atoms with Gasteiger partial charge in [-0.05, 0) is 92.2 Å². The van der Waals surface area contributed by atoms with Gasteiger partial charge >= 0.3 is 17.9 Å². The van der Waals surface area contributed by atoms with Gasteiger partial charge in [0.05, 0.1) is 13.2 Å². The summed E-state index contributed by atoms with van der Waals surface area (Å²) >= 11 is 0. The van der Waals surface area contributed by atoms with Crippen molar-refractivity contribution in [3.05, 3.63) is 29.3 Å². The van der Waals surface area contributed by atoms with Crippen LogP contribution in [0.25, 0.3) is 0 Å². The van der Waals surface area contributed by atoms with Crippen molar-refractivity contribution in [2.75, 3.05) is 19.8 Å². The predicted molar refractivity (Wildman–Crippen MR) is 205 cm³/mol. The number of rotatable bonds is 28. The van der Waals surface area contributed by atoms with Crippen LogP contribution >= 0.6 is 0 Å². The first-order chi connectivity index (χ1) is 24.8. The van der Waals surface area contributed by atoms with E-state index >= 15 is 0 Å². The van der Waals surface area contributed by atoms with Crippen molar-refractivity contribution in [3.8, 4) is 5.75 Å². The molecule has 0 saturated heterocycles. The van der Waals surface area contributed by atoms with Crippen LogP contribution < -0.4 is 4.74 Å². The first-order valence-corrected chi connectivity index (χ1v) is 21.0. The lowest BCUT2D eigenvalue weighted by molar-refractivity contribution is -0.148. The zero-order valence-corrected chi connectivity index (χ0v) is 32.9. The second-order valence-electron chi connectivity index (χ2n) is 15.6. The van der Waals surface area contributed by atoms with Gasteiger partial charge in [-0.1, -0.05) is 122 Å². The summed E-state index contributed by atoms with van der Waals surface area (Å²) in [5.41, 5.74) is 2.48. The third kappa shape index (κ3) is 16.8. The summed E-state index contributed by atoms with van der Waals surface area (Å²) in [6.45, 7) is 8.26. The zero-order chi connectivity index (χ0) is 36.7. The van der Waals surface area contributed by atoms with Gasteiger partial charge in [0.1, 0.15) is 11.9 Å². The molecule has 5 atom stereocenters. The van der Waals surface area contributed by atoms with Crippen molar-refractivity contribution in [2.24, 2.45) is 23.7 Å². The smallest absolute Gasteiger partial charge is 0.344 e. The van der Waals surface area contributed by atoms with E-state index in [0.717, 1.165) is 76.4 Å². The molecule has 2 aliphatic carbocycles. The Morgan fingerprint density at radius 1 is 0.725 bits per heavy atom. The van der Waals surface area contributed by atoms with Gasteiger partial charge < -0.3 is 18.9 Å². The first kappa shape index (κ1) is 42.8. The summed E-state index contributed by atoms with van der Waals surface area (Å²) in [5.74, 6) is 1.61. The molecule has 0 N–H and O–H groups in total. The number of ether oxygens (including phenoxy) is 4. The molecule has 0 spiro atoms. The molecule has 2 aliphatic rings. The fraction of sp³-hybridized carbons (Fsp3) is 0.795. The van der Waals surface area contributed by atoms with Crippen molar-refractivity contribution in [2.45, 2.75) is 181 Å². The molecule has 0 bridgehead atoms. The molecule has 0 unspecified atom stereocenters. The monoisotopic (exact) mass is 713 g/mol. The van der Waals surface area contributed by atoms with Crippen LogP contribution in [0.4, 0.5) is 0 Å². The second kappa shape index (κ2) is 25.4. The maximum absolute atomic E-state index is 12.6. The molecular weight excluding hydrogens is 640 g/mol. The van der Waals surface area contributed by atoms with Crippen LogP contribution in [-0.2, 0) is 41.4 Å². The average Bonchev–Trinajstić information content (AvgIpc) is 3.45. The van der Waals surface area contributed by atoms with Crippen LogP contribution in [-0.4, -0.2) is 43.8 Å². The number of hydrogen-bond acceptors (Lipinski definition) is 7. The maximum atomic E-state index is 12.6. The number of unbranched alkanes of at least 4 members (excludes halogenated alkanes) is 15. The number of hydrogen-bond donors (Lipinski definition) is 0. The minimum Gasteiger partial charge on any atom is -0.482 e. The highest BCUT2D eigenvalue weighted by Gasteiger charge is 2.46. The van der Waals surface area contributed by atoms with Crippen LogP contribution in [0.3, 0.4) is 0 Å². The van der Waals surface area contributed by atoms with Crippen molar-refractivity contribution >= 4 is 17.9 Å². The molecule has 7 heteroatoms. The molecular formula is C44H72O7. The number of fused-ring (bicyclic) bond motifs is 2. The van der Waals surface area contributed by atoms with Crippen molar-refractivity contribution in [1.29, 1.82) is 0 Å². The van der Waals surface area contributed by atoms with Gasteiger partial charge in [0.25, 0.3) is 0 Å². The standard InChI is InChI=1S/C44H72O7/c1-5-7-9-10-11-12-13-14-15-16-17-18-19-21-28-48-44(47)33-50-43-25-22-23-36-30-41-37(31-42(36)43)29-38(32-49-34(3)45)40(41)27-26-39(51-35(4)46)24-20-8-6-2/h22-23,25,37-41H,5-21,24,26-33H2,1-4H3/t37-,38+,39+,40+,41+/m1/s1.